The van der Waals surface area contributed by atoms with E-state index >= 15 is 0 Å². The van der Waals surface area contributed by atoms with Gasteiger partial charge in [0.2, 0.25) is 0 Å². The molecule has 2 N–H and O–H groups in total. The molecule has 188 valence electrons. The Balaban J connectivity index is 1.59. The Kier molecular flexibility index (Phi) is 6.00. The van der Waals surface area contributed by atoms with Gasteiger partial charge in [0.1, 0.15) is 23.1 Å². The van der Waals surface area contributed by atoms with Gasteiger partial charge in [-0.05, 0) is 68.4 Å². The molecule has 1 fully saturated rings. The summed E-state index contributed by atoms with van der Waals surface area (Å²) in [5.74, 6) is 0.649. The zero-order valence-electron chi connectivity index (χ0n) is 21.0. The van der Waals surface area contributed by atoms with E-state index in [1.807, 2.05) is 44.3 Å². The number of ether oxygens (including phenoxy) is 1. The molecule has 2 aliphatic heterocycles. The van der Waals surface area contributed by atoms with Crippen molar-refractivity contribution in [1.82, 2.24) is 19.7 Å². The number of aromatic amines is 1. The molecular formula is C28H32N4O4. The number of likely N-dealkylation sites (N-methyl/N-ethyl adjacent to an activating group) is 1. The van der Waals surface area contributed by atoms with Crippen molar-refractivity contribution in [3.05, 3.63) is 71.9 Å². The highest BCUT2D eigenvalue weighted by molar-refractivity contribution is 6.08. The van der Waals surface area contributed by atoms with Crippen molar-refractivity contribution in [3.8, 4) is 11.5 Å². The lowest BCUT2D eigenvalue weighted by Gasteiger charge is -2.42. The zero-order valence-corrected chi connectivity index (χ0v) is 21.0. The number of aromatic nitrogens is 1. The molecule has 0 bridgehead atoms. The van der Waals surface area contributed by atoms with Gasteiger partial charge in [-0.15, -0.1) is 6.58 Å². The van der Waals surface area contributed by atoms with Crippen LogP contribution >= 0.6 is 0 Å². The van der Waals surface area contributed by atoms with Crippen LogP contribution in [0.5, 0.6) is 11.5 Å². The summed E-state index contributed by atoms with van der Waals surface area (Å²) >= 11 is 0. The van der Waals surface area contributed by atoms with E-state index in [2.05, 4.69) is 16.5 Å². The van der Waals surface area contributed by atoms with Gasteiger partial charge in [-0.3, -0.25) is 14.6 Å². The van der Waals surface area contributed by atoms with Crippen molar-refractivity contribution in [2.75, 3.05) is 33.8 Å². The Morgan fingerprint density at radius 2 is 2.08 bits per heavy atom. The quantitative estimate of drug-likeness (QED) is 0.369. The number of H-pyrrole nitrogens is 1. The number of benzene rings is 2. The van der Waals surface area contributed by atoms with Gasteiger partial charge in [0.25, 0.3) is 5.91 Å². The second-order valence-electron chi connectivity index (χ2n) is 9.89. The van der Waals surface area contributed by atoms with Crippen molar-refractivity contribution in [3.63, 3.8) is 0 Å². The minimum Gasteiger partial charge on any atom is -0.508 e. The number of fused-ring (bicyclic) bond motifs is 4. The first kappa shape index (κ1) is 23.9. The number of urea groups is 1. The minimum atomic E-state index is -1.05. The molecule has 1 saturated heterocycles. The summed E-state index contributed by atoms with van der Waals surface area (Å²) in [7, 11) is 3.62. The van der Waals surface area contributed by atoms with E-state index in [-0.39, 0.29) is 17.7 Å². The van der Waals surface area contributed by atoms with E-state index in [1.54, 1.807) is 30.2 Å². The monoisotopic (exact) mass is 488 g/mol. The summed E-state index contributed by atoms with van der Waals surface area (Å²) in [5.41, 5.74) is 2.46. The third-order valence-electron chi connectivity index (χ3n) is 7.42. The average molecular weight is 489 g/mol. The lowest BCUT2D eigenvalue weighted by atomic mass is 9.81. The molecule has 0 spiro atoms. The predicted molar refractivity (Wildman–Crippen MR) is 138 cm³/mol. The summed E-state index contributed by atoms with van der Waals surface area (Å²) in [6.45, 7) is 7.46. The van der Waals surface area contributed by atoms with Crippen LogP contribution < -0.4 is 4.74 Å². The highest BCUT2D eigenvalue weighted by Gasteiger charge is 2.60. The van der Waals surface area contributed by atoms with Gasteiger partial charge in [0, 0.05) is 36.1 Å². The summed E-state index contributed by atoms with van der Waals surface area (Å²) < 4.78 is 5.46. The van der Waals surface area contributed by atoms with Gasteiger partial charge in [0.05, 0.1) is 7.11 Å². The first-order chi connectivity index (χ1) is 17.3. The van der Waals surface area contributed by atoms with Gasteiger partial charge in [-0.2, -0.15) is 0 Å². The molecule has 0 aliphatic carbocycles. The van der Waals surface area contributed by atoms with E-state index in [0.29, 0.717) is 19.4 Å². The molecule has 2 aromatic carbocycles. The maximum absolute atomic E-state index is 13.9. The fourth-order valence-electron chi connectivity index (χ4n) is 5.67. The van der Waals surface area contributed by atoms with E-state index < -0.39 is 11.6 Å². The molecule has 0 saturated carbocycles. The normalized spacial score (nSPS) is 21.3. The third-order valence-corrected chi connectivity index (χ3v) is 7.42. The number of imide groups is 1. The molecule has 2 atom stereocenters. The average Bonchev–Trinajstić information content (AvgIpc) is 3.30. The fraction of sp³-hybridized carbons (Fsp3) is 0.357. The first-order valence-corrected chi connectivity index (χ1v) is 12.2. The lowest BCUT2D eigenvalue weighted by Crippen LogP contribution is -2.53. The lowest BCUT2D eigenvalue weighted by molar-refractivity contribution is -0.133. The van der Waals surface area contributed by atoms with Crippen LogP contribution in [0.25, 0.3) is 10.9 Å². The molecular weight excluding hydrogens is 456 g/mol. The van der Waals surface area contributed by atoms with Crippen LogP contribution in [-0.4, -0.2) is 76.1 Å². The van der Waals surface area contributed by atoms with Gasteiger partial charge in [-0.1, -0.05) is 18.2 Å². The zero-order chi connectivity index (χ0) is 25.6. The number of hydrogen-bond donors (Lipinski definition) is 2. The standard InChI is InChI=1S/C28H32N4O4/c1-5-12-30(3)13-7-14-31-26(34)28(2)17-22-21-16-20(36-4)10-11-23(21)29-24(22)25(32(28)27(31)35)18-8-6-9-19(33)15-18/h5-6,8-11,15-16,25,29,33H,1,7,12-14,17H2,2-4H3. The van der Waals surface area contributed by atoms with E-state index in [4.69, 9.17) is 4.74 Å². The highest BCUT2D eigenvalue weighted by Crippen LogP contribution is 2.49. The van der Waals surface area contributed by atoms with Gasteiger partial charge < -0.3 is 19.7 Å². The van der Waals surface area contributed by atoms with Crippen LogP contribution in [0.2, 0.25) is 0 Å². The summed E-state index contributed by atoms with van der Waals surface area (Å²) in [6, 6.07) is 11.9. The number of aromatic hydroxyl groups is 1. The molecule has 0 radical (unpaired) electrons. The number of nitrogens with zero attached hydrogens (tertiary/aromatic N) is 3. The second-order valence-corrected chi connectivity index (χ2v) is 9.89. The Morgan fingerprint density at radius 1 is 1.28 bits per heavy atom. The third kappa shape index (κ3) is 3.73. The molecule has 5 rings (SSSR count). The van der Waals surface area contributed by atoms with Crippen molar-refractivity contribution in [1.29, 1.82) is 0 Å². The van der Waals surface area contributed by atoms with Gasteiger partial charge in [-0.25, -0.2) is 4.79 Å². The number of amides is 3. The van der Waals surface area contributed by atoms with Crippen LogP contribution in [0.4, 0.5) is 4.79 Å². The number of carbonyl (C=O) groups is 2. The molecule has 3 aromatic rings. The fourth-order valence-corrected chi connectivity index (χ4v) is 5.67. The summed E-state index contributed by atoms with van der Waals surface area (Å²) in [6.07, 6.45) is 2.90. The number of rotatable bonds is 8. The minimum absolute atomic E-state index is 0.110. The molecule has 3 heterocycles. The van der Waals surface area contributed by atoms with Crippen LogP contribution in [-0.2, 0) is 11.2 Å². The van der Waals surface area contributed by atoms with Crippen molar-refractivity contribution >= 4 is 22.8 Å². The molecule has 1 aromatic heterocycles. The smallest absolute Gasteiger partial charge is 0.328 e. The van der Waals surface area contributed by atoms with Crippen LogP contribution in [0.3, 0.4) is 0 Å². The predicted octanol–water partition coefficient (Wildman–Crippen LogP) is 4.06. The van der Waals surface area contributed by atoms with E-state index in [9.17, 15) is 14.7 Å². The highest BCUT2D eigenvalue weighted by atomic mass is 16.5. The SMILES string of the molecule is C=CCN(C)CCCN1C(=O)N2C(c3cccc(O)c3)c3[nH]c4ccc(OC)cc4c3CC2(C)C1=O. The van der Waals surface area contributed by atoms with Crippen molar-refractivity contribution in [2.24, 2.45) is 0 Å². The largest absolute Gasteiger partial charge is 0.508 e. The van der Waals surface area contributed by atoms with Crippen LogP contribution in [0, 0.1) is 0 Å². The topological polar surface area (TPSA) is 89.1 Å². The molecule has 2 aliphatic rings. The Bertz CT molecular complexity index is 1350. The number of phenolic OH excluding ortho intramolecular Hbond substituents is 1. The first-order valence-electron chi connectivity index (χ1n) is 12.2. The Morgan fingerprint density at radius 3 is 2.81 bits per heavy atom. The van der Waals surface area contributed by atoms with Gasteiger partial charge >= 0.3 is 6.03 Å². The molecule has 8 heteroatoms. The Labute approximate surface area is 210 Å². The molecule has 36 heavy (non-hydrogen) atoms. The van der Waals surface area contributed by atoms with E-state index in [1.165, 1.54) is 4.90 Å². The van der Waals surface area contributed by atoms with Gasteiger partial charge in [0.15, 0.2) is 0 Å². The van der Waals surface area contributed by atoms with Crippen molar-refractivity contribution in [2.45, 2.75) is 31.3 Å². The Hall–Kier alpha value is -3.78. The second kappa shape index (κ2) is 9.02. The molecule has 8 nitrogen and oxygen atoms in total. The van der Waals surface area contributed by atoms with E-state index in [0.717, 1.165) is 46.6 Å². The van der Waals surface area contributed by atoms with Crippen LogP contribution in [0.1, 0.15) is 36.2 Å². The maximum Gasteiger partial charge on any atom is 0.328 e. The number of hydrogen-bond acceptors (Lipinski definition) is 5. The maximum atomic E-state index is 13.9. The van der Waals surface area contributed by atoms with Crippen molar-refractivity contribution < 1.29 is 19.4 Å². The number of phenols is 1. The van der Waals surface area contributed by atoms with Crippen LogP contribution in [0.15, 0.2) is 55.1 Å². The molecule has 2 unspecified atom stereocenters. The number of nitrogens with one attached hydrogen (secondary N) is 1. The number of carbonyl (C=O) groups excluding carboxylic acids is 2. The summed E-state index contributed by atoms with van der Waals surface area (Å²) in [4.78, 5) is 36.4. The molecule has 3 amide bonds. The summed E-state index contributed by atoms with van der Waals surface area (Å²) in [5, 5.41) is 11.2. The number of methoxy groups -OCH3 is 1.